The highest BCUT2D eigenvalue weighted by Gasteiger charge is 2.33. The Morgan fingerprint density at radius 3 is 2.60 bits per heavy atom. The Hall–Kier alpha value is -1.51. The van der Waals surface area contributed by atoms with Crippen LogP contribution in [0.5, 0.6) is 0 Å². The van der Waals surface area contributed by atoms with Crippen LogP contribution >= 0.6 is 34.5 Å². The molecular formula is C15H15Cl2F3N4S. The van der Waals surface area contributed by atoms with Crippen molar-refractivity contribution in [3.8, 4) is 0 Å². The topological polar surface area (TPSA) is 49.3 Å². The first-order valence-electron chi connectivity index (χ1n) is 7.14. The first-order valence-corrected chi connectivity index (χ1v) is 8.78. The van der Waals surface area contributed by atoms with Gasteiger partial charge in [-0.25, -0.2) is 4.98 Å². The van der Waals surface area contributed by atoms with Crippen molar-refractivity contribution >= 4 is 40.5 Å². The molecule has 2 N–H and O–H groups in total. The molecule has 10 heteroatoms. The van der Waals surface area contributed by atoms with Crippen LogP contribution < -0.4 is 10.6 Å². The van der Waals surface area contributed by atoms with E-state index in [0.29, 0.717) is 21.0 Å². The lowest BCUT2D eigenvalue weighted by Crippen LogP contribution is -2.38. The van der Waals surface area contributed by atoms with Crippen LogP contribution in [0.3, 0.4) is 0 Å². The maximum Gasteiger partial charge on any atom is 0.434 e. The smallest absolute Gasteiger partial charge is 0.350 e. The van der Waals surface area contributed by atoms with E-state index < -0.39 is 11.9 Å². The average molecular weight is 411 g/mol. The fourth-order valence-electron chi connectivity index (χ4n) is 1.95. The summed E-state index contributed by atoms with van der Waals surface area (Å²) in [7, 11) is 1.57. The summed E-state index contributed by atoms with van der Waals surface area (Å²) in [4.78, 5) is 7.62. The zero-order valence-electron chi connectivity index (χ0n) is 13.3. The normalized spacial score (nSPS) is 13.6. The number of thiazole rings is 1. The number of hydrogen-bond acceptors (Lipinski definition) is 3. The lowest BCUT2D eigenvalue weighted by Gasteiger charge is -2.18. The van der Waals surface area contributed by atoms with Gasteiger partial charge in [0.25, 0.3) is 0 Å². The molecule has 4 nitrogen and oxygen atoms in total. The van der Waals surface area contributed by atoms with Gasteiger partial charge in [-0.15, -0.1) is 11.3 Å². The zero-order chi connectivity index (χ0) is 18.6. The number of halogens is 5. The van der Waals surface area contributed by atoms with Crippen LogP contribution in [-0.2, 0) is 12.7 Å². The molecule has 0 radical (unpaired) electrons. The van der Waals surface area contributed by atoms with Crippen molar-refractivity contribution in [2.75, 3.05) is 7.05 Å². The van der Waals surface area contributed by atoms with Gasteiger partial charge in [0, 0.05) is 12.4 Å². The fraction of sp³-hybridized carbons (Fsp3) is 0.333. The lowest BCUT2D eigenvalue weighted by molar-refractivity contribution is -0.140. The van der Waals surface area contributed by atoms with E-state index in [1.165, 1.54) is 0 Å². The third-order valence-corrected chi connectivity index (χ3v) is 4.86. The maximum atomic E-state index is 12.6. The predicted octanol–water partition coefficient (Wildman–Crippen LogP) is 4.89. The SMILES string of the molecule is CN=C(NCc1nc(C(F)(F)F)cs1)NC(C)c1ccc(Cl)c(Cl)c1. The van der Waals surface area contributed by atoms with Crippen molar-refractivity contribution in [1.82, 2.24) is 15.6 Å². The van der Waals surface area contributed by atoms with Gasteiger partial charge in [0.1, 0.15) is 5.01 Å². The third-order valence-electron chi connectivity index (χ3n) is 3.27. The number of benzene rings is 1. The highest BCUT2D eigenvalue weighted by Crippen LogP contribution is 2.30. The van der Waals surface area contributed by atoms with E-state index >= 15 is 0 Å². The number of aromatic nitrogens is 1. The molecule has 0 spiro atoms. The summed E-state index contributed by atoms with van der Waals surface area (Å²) in [6.07, 6.45) is -4.43. The molecule has 136 valence electrons. The minimum Gasteiger partial charge on any atom is -0.350 e. The highest BCUT2D eigenvalue weighted by molar-refractivity contribution is 7.09. The molecule has 1 atom stereocenters. The van der Waals surface area contributed by atoms with E-state index in [4.69, 9.17) is 23.2 Å². The number of aliphatic imine (C=N–C) groups is 1. The number of alkyl halides is 3. The highest BCUT2D eigenvalue weighted by atomic mass is 35.5. The van der Waals surface area contributed by atoms with Crippen LogP contribution in [0.15, 0.2) is 28.6 Å². The Labute approximate surface area is 157 Å². The van der Waals surface area contributed by atoms with Crippen LogP contribution in [0.1, 0.15) is 29.2 Å². The van der Waals surface area contributed by atoms with Crippen LogP contribution in [0.4, 0.5) is 13.2 Å². The molecule has 0 saturated heterocycles. The van der Waals surface area contributed by atoms with Gasteiger partial charge in [0.2, 0.25) is 0 Å². The third kappa shape index (κ3) is 5.49. The summed E-state index contributed by atoms with van der Waals surface area (Å²) in [5, 5.41) is 8.28. The van der Waals surface area contributed by atoms with Gasteiger partial charge in [0.15, 0.2) is 11.7 Å². The van der Waals surface area contributed by atoms with Crippen molar-refractivity contribution in [3.05, 3.63) is 49.9 Å². The number of nitrogens with zero attached hydrogens (tertiary/aromatic N) is 2. The van der Waals surface area contributed by atoms with Crippen molar-refractivity contribution in [2.45, 2.75) is 25.7 Å². The molecule has 1 heterocycles. The quantitative estimate of drug-likeness (QED) is 0.556. The van der Waals surface area contributed by atoms with Crippen LogP contribution in [0, 0.1) is 0 Å². The first-order chi connectivity index (χ1) is 11.7. The van der Waals surface area contributed by atoms with Crippen molar-refractivity contribution in [2.24, 2.45) is 4.99 Å². The first kappa shape index (κ1) is 19.8. The predicted molar refractivity (Wildman–Crippen MR) is 95.3 cm³/mol. The van der Waals surface area contributed by atoms with E-state index in [1.807, 2.05) is 13.0 Å². The second-order valence-electron chi connectivity index (χ2n) is 5.09. The molecule has 0 amide bonds. The maximum absolute atomic E-state index is 12.6. The molecular weight excluding hydrogens is 396 g/mol. The molecule has 0 saturated carbocycles. The second-order valence-corrected chi connectivity index (χ2v) is 6.85. The van der Waals surface area contributed by atoms with Gasteiger partial charge in [-0.2, -0.15) is 13.2 Å². The van der Waals surface area contributed by atoms with Gasteiger partial charge in [-0.1, -0.05) is 29.3 Å². The largest absolute Gasteiger partial charge is 0.434 e. The zero-order valence-corrected chi connectivity index (χ0v) is 15.6. The molecule has 0 aliphatic carbocycles. The van der Waals surface area contributed by atoms with Crippen molar-refractivity contribution in [1.29, 1.82) is 0 Å². The van der Waals surface area contributed by atoms with Gasteiger partial charge in [0.05, 0.1) is 22.6 Å². The molecule has 25 heavy (non-hydrogen) atoms. The molecule has 0 aliphatic heterocycles. The Morgan fingerprint density at radius 2 is 2.04 bits per heavy atom. The van der Waals surface area contributed by atoms with E-state index in [1.54, 1.807) is 19.2 Å². The molecule has 0 bridgehead atoms. The molecule has 1 aromatic carbocycles. The minimum absolute atomic E-state index is 0.133. The van der Waals surface area contributed by atoms with E-state index in [-0.39, 0.29) is 12.6 Å². The summed E-state index contributed by atoms with van der Waals surface area (Å²) < 4.78 is 37.7. The molecule has 0 aliphatic rings. The summed E-state index contributed by atoms with van der Waals surface area (Å²) in [6.45, 7) is 2.03. The van der Waals surface area contributed by atoms with Gasteiger partial charge >= 0.3 is 6.18 Å². The van der Waals surface area contributed by atoms with Crippen LogP contribution in [0.25, 0.3) is 0 Å². The summed E-state index contributed by atoms with van der Waals surface area (Å²) in [5.74, 6) is 0.433. The number of hydrogen-bond donors (Lipinski definition) is 2. The molecule has 2 rings (SSSR count). The monoisotopic (exact) mass is 410 g/mol. The lowest BCUT2D eigenvalue weighted by atomic mass is 10.1. The van der Waals surface area contributed by atoms with Crippen LogP contribution in [0.2, 0.25) is 10.0 Å². The molecule has 0 fully saturated rings. The average Bonchev–Trinajstić information content (AvgIpc) is 3.03. The Kier molecular flexibility index (Phi) is 6.53. The summed E-state index contributed by atoms with van der Waals surface area (Å²) >= 11 is 12.8. The fourth-order valence-corrected chi connectivity index (χ4v) is 2.99. The minimum atomic E-state index is -4.43. The molecule has 1 unspecified atom stereocenters. The Bertz CT molecular complexity index is 761. The Balaban J connectivity index is 1.96. The number of rotatable bonds is 4. The van der Waals surface area contributed by atoms with Crippen LogP contribution in [-0.4, -0.2) is 18.0 Å². The van der Waals surface area contributed by atoms with Gasteiger partial charge in [-0.05, 0) is 24.6 Å². The van der Waals surface area contributed by atoms with E-state index in [0.717, 1.165) is 22.3 Å². The molecule has 1 aromatic heterocycles. The second kappa shape index (κ2) is 8.25. The standard InChI is InChI=1S/C15H15Cl2F3N4S/c1-8(9-3-4-10(16)11(17)5-9)23-14(21-2)22-6-13-24-12(7-25-13)15(18,19)20/h3-5,7-8H,6H2,1-2H3,(H2,21,22,23). The number of nitrogens with one attached hydrogen (secondary N) is 2. The summed E-state index contributed by atoms with van der Waals surface area (Å²) in [5.41, 5.74) is 0.00683. The Morgan fingerprint density at radius 1 is 1.32 bits per heavy atom. The van der Waals surface area contributed by atoms with E-state index in [2.05, 4.69) is 20.6 Å². The van der Waals surface area contributed by atoms with Crippen molar-refractivity contribution in [3.63, 3.8) is 0 Å². The van der Waals surface area contributed by atoms with Crippen molar-refractivity contribution < 1.29 is 13.2 Å². The van der Waals surface area contributed by atoms with Gasteiger partial charge in [-0.3, -0.25) is 4.99 Å². The number of guanidine groups is 1. The van der Waals surface area contributed by atoms with E-state index in [9.17, 15) is 13.2 Å². The molecule has 2 aromatic rings. The van der Waals surface area contributed by atoms with Gasteiger partial charge < -0.3 is 10.6 Å². The summed E-state index contributed by atoms with van der Waals surface area (Å²) in [6, 6.07) is 5.13.